The molecule has 1 amide bonds. The number of aryl methyl sites for hydroxylation is 1. The summed E-state index contributed by atoms with van der Waals surface area (Å²) in [5.74, 6) is 2.07. The highest BCUT2D eigenvalue weighted by atomic mass is 16.5. The first kappa shape index (κ1) is 21.4. The molecule has 1 saturated heterocycles. The standard InChI is InChI=1S/C26H28N4O3/c31-25(18-30-14-12-27-13-15-30)29-21-7-11-26(28-17-21)32-22-8-10-24-20(16-22)6-9-23(33-24)19-4-2-1-3-5-19/h1-5,7-8,10-11,16-17,23,27H,6,9,12-15,18H2,(H,29,31). The van der Waals surface area contributed by atoms with E-state index in [0.717, 1.165) is 56.1 Å². The molecule has 7 heteroatoms. The number of rotatable bonds is 6. The predicted molar refractivity (Wildman–Crippen MR) is 127 cm³/mol. The summed E-state index contributed by atoms with van der Waals surface area (Å²) in [6.07, 6.45) is 3.57. The van der Waals surface area contributed by atoms with Crippen molar-refractivity contribution in [2.75, 3.05) is 38.0 Å². The van der Waals surface area contributed by atoms with Crippen LogP contribution in [0.4, 0.5) is 5.69 Å². The van der Waals surface area contributed by atoms with Crippen molar-refractivity contribution in [3.05, 3.63) is 78.0 Å². The van der Waals surface area contributed by atoms with Crippen LogP contribution in [0.2, 0.25) is 0 Å². The summed E-state index contributed by atoms with van der Waals surface area (Å²) in [7, 11) is 0. The molecular weight excluding hydrogens is 416 g/mol. The molecule has 170 valence electrons. The molecular formula is C26H28N4O3. The highest BCUT2D eigenvalue weighted by Gasteiger charge is 2.21. The lowest BCUT2D eigenvalue weighted by Gasteiger charge is -2.26. The Labute approximate surface area is 193 Å². The van der Waals surface area contributed by atoms with E-state index < -0.39 is 0 Å². The van der Waals surface area contributed by atoms with Gasteiger partial charge in [0.25, 0.3) is 0 Å². The average molecular weight is 445 g/mol. The Balaban J connectivity index is 1.17. The lowest BCUT2D eigenvalue weighted by Crippen LogP contribution is -2.46. The summed E-state index contributed by atoms with van der Waals surface area (Å²) in [6.45, 7) is 4.00. The summed E-state index contributed by atoms with van der Waals surface area (Å²) in [6, 6.07) is 19.8. The molecule has 0 spiro atoms. The number of benzene rings is 2. The first-order valence-electron chi connectivity index (χ1n) is 11.4. The first-order valence-corrected chi connectivity index (χ1v) is 11.4. The van der Waals surface area contributed by atoms with E-state index in [2.05, 4.69) is 32.7 Å². The minimum Gasteiger partial charge on any atom is -0.485 e. The van der Waals surface area contributed by atoms with Crippen LogP contribution in [-0.2, 0) is 11.2 Å². The number of fused-ring (bicyclic) bond motifs is 1. The number of carbonyl (C=O) groups is 1. The van der Waals surface area contributed by atoms with Gasteiger partial charge in [0.2, 0.25) is 11.8 Å². The Morgan fingerprint density at radius 3 is 2.76 bits per heavy atom. The van der Waals surface area contributed by atoms with Gasteiger partial charge >= 0.3 is 0 Å². The van der Waals surface area contributed by atoms with E-state index in [0.29, 0.717) is 18.1 Å². The molecule has 2 aromatic carbocycles. The molecule has 3 aromatic rings. The highest BCUT2D eigenvalue weighted by Crippen LogP contribution is 2.37. The number of pyridine rings is 1. The number of hydrogen-bond acceptors (Lipinski definition) is 6. The quantitative estimate of drug-likeness (QED) is 0.603. The number of carbonyl (C=O) groups excluding carboxylic acids is 1. The second kappa shape index (κ2) is 10.0. The van der Waals surface area contributed by atoms with E-state index in [-0.39, 0.29) is 12.0 Å². The van der Waals surface area contributed by atoms with Crippen LogP contribution in [0.5, 0.6) is 17.4 Å². The first-order chi connectivity index (χ1) is 16.2. The largest absolute Gasteiger partial charge is 0.485 e. The van der Waals surface area contributed by atoms with Gasteiger partial charge in [-0.15, -0.1) is 0 Å². The van der Waals surface area contributed by atoms with Crippen molar-refractivity contribution >= 4 is 11.6 Å². The zero-order chi connectivity index (χ0) is 22.5. The lowest BCUT2D eigenvalue weighted by atomic mass is 9.97. The average Bonchev–Trinajstić information content (AvgIpc) is 2.86. The summed E-state index contributed by atoms with van der Waals surface area (Å²) in [5, 5.41) is 6.19. The maximum Gasteiger partial charge on any atom is 0.238 e. The summed E-state index contributed by atoms with van der Waals surface area (Å²) in [5.41, 5.74) is 3.00. The summed E-state index contributed by atoms with van der Waals surface area (Å²) < 4.78 is 12.2. The van der Waals surface area contributed by atoms with Crippen molar-refractivity contribution in [1.29, 1.82) is 0 Å². The number of anilines is 1. The van der Waals surface area contributed by atoms with Gasteiger partial charge < -0.3 is 20.1 Å². The van der Waals surface area contributed by atoms with E-state index in [1.807, 2.05) is 42.5 Å². The van der Waals surface area contributed by atoms with E-state index in [1.165, 1.54) is 5.56 Å². The van der Waals surface area contributed by atoms with Crippen molar-refractivity contribution in [2.24, 2.45) is 0 Å². The highest BCUT2D eigenvalue weighted by molar-refractivity contribution is 5.92. The third-order valence-corrected chi connectivity index (χ3v) is 5.97. The summed E-state index contributed by atoms with van der Waals surface area (Å²) in [4.78, 5) is 18.7. The maximum absolute atomic E-state index is 12.3. The van der Waals surface area contributed by atoms with Crippen molar-refractivity contribution in [1.82, 2.24) is 15.2 Å². The Kier molecular flexibility index (Phi) is 6.51. The van der Waals surface area contributed by atoms with Crippen LogP contribution in [-0.4, -0.2) is 48.5 Å². The van der Waals surface area contributed by atoms with Crippen LogP contribution in [0.3, 0.4) is 0 Å². The van der Waals surface area contributed by atoms with E-state index in [4.69, 9.17) is 9.47 Å². The van der Waals surface area contributed by atoms with Gasteiger partial charge in [-0.05, 0) is 48.2 Å². The Morgan fingerprint density at radius 2 is 1.97 bits per heavy atom. The lowest BCUT2D eigenvalue weighted by molar-refractivity contribution is -0.117. The van der Waals surface area contributed by atoms with Crippen molar-refractivity contribution < 1.29 is 14.3 Å². The normalized spacial score (nSPS) is 18.1. The molecule has 1 atom stereocenters. The van der Waals surface area contributed by atoms with E-state index >= 15 is 0 Å². The molecule has 2 aliphatic heterocycles. The van der Waals surface area contributed by atoms with Gasteiger partial charge in [-0.1, -0.05) is 30.3 Å². The van der Waals surface area contributed by atoms with Gasteiger partial charge in [0.15, 0.2) is 0 Å². The number of amides is 1. The molecule has 0 radical (unpaired) electrons. The number of nitrogens with one attached hydrogen (secondary N) is 2. The topological polar surface area (TPSA) is 75.7 Å². The number of hydrogen-bond donors (Lipinski definition) is 2. The monoisotopic (exact) mass is 444 g/mol. The van der Waals surface area contributed by atoms with E-state index in [1.54, 1.807) is 12.3 Å². The van der Waals surface area contributed by atoms with Crippen LogP contribution < -0.4 is 20.1 Å². The second-order valence-corrected chi connectivity index (χ2v) is 8.39. The molecule has 2 N–H and O–H groups in total. The molecule has 1 fully saturated rings. The fourth-order valence-corrected chi connectivity index (χ4v) is 4.24. The molecule has 3 heterocycles. The van der Waals surface area contributed by atoms with Gasteiger partial charge in [-0.3, -0.25) is 9.69 Å². The predicted octanol–water partition coefficient (Wildman–Crippen LogP) is 3.78. The van der Waals surface area contributed by atoms with Crippen molar-refractivity contribution in [3.8, 4) is 17.4 Å². The van der Waals surface area contributed by atoms with Crippen LogP contribution in [0.1, 0.15) is 23.7 Å². The molecule has 2 aliphatic rings. The Bertz CT molecular complexity index is 1080. The smallest absolute Gasteiger partial charge is 0.238 e. The zero-order valence-corrected chi connectivity index (χ0v) is 18.5. The van der Waals surface area contributed by atoms with Gasteiger partial charge in [0.05, 0.1) is 18.4 Å². The van der Waals surface area contributed by atoms with Crippen LogP contribution in [0, 0.1) is 0 Å². The zero-order valence-electron chi connectivity index (χ0n) is 18.5. The number of aromatic nitrogens is 1. The molecule has 33 heavy (non-hydrogen) atoms. The van der Waals surface area contributed by atoms with Gasteiger partial charge in [0, 0.05) is 32.2 Å². The van der Waals surface area contributed by atoms with Gasteiger partial charge in [-0.2, -0.15) is 0 Å². The van der Waals surface area contributed by atoms with Gasteiger partial charge in [0.1, 0.15) is 17.6 Å². The number of piperazine rings is 1. The van der Waals surface area contributed by atoms with Crippen molar-refractivity contribution in [2.45, 2.75) is 18.9 Å². The van der Waals surface area contributed by atoms with Crippen LogP contribution in [0.25, 0.3) is 0 Å². The number of ether oxygens (including phenoxy) is 2. The molecule has 1 aromatic heterocycles. The molecule has 0 saturated carbocycles. The van der Waals surface area contributed by atoms with Crippen LogP contribution >= 0.6 is 0 Å². The fourth-order valence-electron chi connectivity index (χ4n) is 4.24. The molecule has 0 aliphatic carbocycles. The molecule has 1 unspecified atom stereocenters. The maximum atomic E-state index is 12.3. The minimum absolute atomic E-state index is 0.0316. The SMILES string of the molecule is O=C(CN1CCNCC1)Nc1ccc(Oc2ccc3c(c2)CCC(c2ccccc2)O3)nc1. The van der Waals surface area contributed by atoms with E-state index in [9.17, 15) is 4.79 Å². The van der Waals surface area contributed by atoms with Crippen molar-refractivity contribution in [3.63, 3.8) is 0 Å². The van der Waals surface area contributed by atoms with Gasteiger partial charge in [-0.25, -0.2) is 4.98 Å². The molecule has 5 rings (SSSR count). The number of nitrogens with zero attached hydrogens (tertiary/aromatic N) is 2. The molecule has 7 nitrogen and oxygen atoms in total. The Morgan fingerprint density at radius 1 is 1.12 bits per heavy atom. The summed E-state index contributed by atoms with van der Waals surface area (Å²) >= 11 is 0. The second-order valence-electron chi connectivity index (χ2n) is 8.39. The van der Waals surface area contributed by atoms with Crippen LogP contribution in [0.15, 0.2) is 66.9 Å². The minimum atomic E-state index is -0.0316. The third kappa shape index (κ3) is 5.50. The third-order valence-electron chi connectivity index (χ3n) is 5.97. The fraction of sp³-hybridized carbons (Fsp3) is 0.308. The Hall–Kier alpha value is -3.42. The molecule has 0 bridgehead atoms.